The van der Waals surface area contributed by atoms with Crippen molar-refractivity contribution < 1.29 is 4.79 Å². The largest absolute Gasteiger partial charge is 0.352 e. The summed E-state index contributed by atoms with van der Waals surface area (Å²) >= 11 is 0. The molecule has 1 atom stereocenters. The van der Waals surface area contributed by atoms with E-state index in [0.29, 0.717) is 12.6 Å². The highest BCUT2D eigenvalue weighted by molar-refractivity contribution is 5.78. The quantitative estimate of drug-likeness (QED) is 0.799. The minimum absolute atomic E-state index is 0.278. The summed E-state index contributed by atoms with van der Waals surface area (Å²) in [5, 5.41) is 3.34. The lowest BCUT2D eigenvalue weighted by molar-refractivity contribution is -0.123. The van der Waals surface area contributed by atoms with Crippen LogP contribution >= 0.6 is 0 Å². The van der Waals surface area contributed by atoms with Gasteiger partial charge in [-0.25, -0.2) is 0 Å². The lowest BCUT2D eigenvalue weighted by Gasteiger charge is -2.32. The molecule has 1 heterocycles. The standard InChI is InChI=1S/C16H28N2O/c1-2-12-4-3-9-18(10-12)11-15(19)17-16(13-5-6-13)14-7-8-14/h12-14,16H,2-11H2,1H3,(H,17,19). The SMILES string of the molecule is CCC1CCCN(CC(=O)NC(C2CC2)C2CC2)C1. The maximum absolute atomic E-state index is 12.2. The number of carbonyl (C=O) groups is 1. The van der Waals surface area contributed by atoms with E-state index in [1.807, 2.05) is 0 Å². The Morgan fingerprint density at radius 3 is 2.47 bits per heavy atom. The Morgan fingerprint density at radius 1 is 1.21 bits per heavy atom. The van der Waals surface area contributed by atoms with Gasteiger partial charge in [0.2, 0.25) is 5.91 Å². The molecule has 1 amide bonds. The first-order valence-corrected chi connectivity index (χ1v) is 8.28. The molecule has 0 radical (unpaired) electrons. The average molecular weight is 264 g/mol. The molecule has 3 heteroatoms. The van der Waals surface area contributed by atoms with Gasteiger partial charge in [-0.2, -0.15) is 0 Å². The number of hydrogen-bond acceptors (Lipinski definition) is 2. The van der Waals surface area contributed by atoms with Crippen molar-refractivity contribution in [2.45, 2.75) is 57.9 Å². The molecule has 3 rings (SSSR count). The van der Waals surface area contributed by atoms with E-state index in [2.05, 4.69) is 17.1 Å². The van der Waals surface area contributed by atoms with Gasteiger partial charge >= 0.3 is 0 Å². The first-order chi connectivity index (χ1) is 9.26. The van der Waals surface area contributed by atoms with E-state index < -0.39 is 0 Å². The summed E-state index contributed by atoms with van der Waals surface area (Å²) in [4.78, 5) is 14.6. The normalized spacial score (nSPS) is 28.6. The van der Waals surface area contributed by atoms with Crippen molar-refractivity contribution in [3.63, 3.8) is 0 Å². The van der Waals surface area contributed by atoms with E-state index in [1.165, 1.54) is 44.9 Å². The van der Waals surface area contributed by atoms with E-state index in [9.17, 15) is 4.79 Å². The average Bonchev–Trinajstić information content (AvgIpc) is 3.29. The van der Waals surface area contributed by atoms with Gasteiger partial charge in [0.1, 0.15) is 0 Å². The van der Waals surface area contributed by atoms with Crippen LogP contribution in [0.25, 0.3) is 0 Å². The van der Waals surface area contributed by atoms with Gasteiger partial charge in [-0.1, -0.05) is 13.3 Å². The molecule has 3 fully saturated rings. The smallest absolute Gasteiger partial charge is 0.234 e. The minimum atomic E-state index is 0.278. The lowest BCUT2D eigenvalue weighted by atomic mass is 9.96. The van der Waals surface area contributed by atoms with Crippen molar-refractivity contribution in [2.75, 3.05) is 19.6 Å². The van der Waals surface area contributed by atoms with Crippen LogP contribution in [0.1, 0.15) is 51.9 Å². The molecule has 1 N–H and O–H groups in total. The minimum Gasteiger partial charge on any atom is -0.352 e. The van der Waals surface area contributed by atoms with Gasteiger partial charge < -0.3 is 5.32 Å². The second-order valence-electron chi connectivity index (χ2n) is 6.92. The van der Waals surface area contributed by atoms with Gasteiger partial charge in [0.15, 0.2) is 0 Å². The Morgan fingerprint density at radius 2 is 1.89 bits per heavy atom. The van der Waals surface area contributed by atoms with Crippen LogP contribution in [0.5, 0.6) is 0 Å². The number of rotatable bonds is 6. The molecular weight excluding hydrogens is 236 g/mol. The Balaban J connectivity index is 1.44. The summed E-state index contributed by atoms with van der Waals surface area (Å²) < 4.78 is 0. The van der Waals surface area contributed by atoms with Crippen molar-refractivity contribution in [2.24, 2.45) is 17.8 Å². The number of amides is 1. The maximum atomic E-state index is 12.2. The first-order valence-electron chi connectivity index (χ1n) is 8.28. The summed E-state index contributed by atoms with van der Waals surface area (Å²) in [5.41, 5.74) is 0. The molecule has 1 saturated heterocycles. The van der Waals surface area contributed by atoms with E-state index >= 15 is 0 Å². The van der Waals surface area contributed by atoms with Crippen molar-refractivity contribution in [3.8, 4) is 0 Å². The van der Waals surface area contributed by atoms with Crippen LogP contribution < -0.4 is 5.32 Å². The molecular formula is C16H28N2O. The Hall–Kier alpha value is -0.570. The highest BCUT2D eigenvalue weighted by Crippen LogP contribution is 2.44. The summed E-state index contributed by atoms with van der Waals surface area (Å²) in [6.07, 6.45) is 9.21. The monoisotopic (exact) mass is 264 g/mol. The Kier molecular flexibility index (Phi) is 4.11. The second-order valence-corrected chi connectivity index (χ2v) is 6.92. The highest BCUT2D eigenvalue weighted by atomic mass is 16.2. The molecule has 0 aromatic rings. The third-order valence-corrected chi connectivity index (χ3v) is 5.14. The van der Waals surface area contributed by atoms with Crippen LogP contribution in [0.3, 0.4) is 0 Å². The van der Waals surface area contributed by atoms with Gasteiger partial charge in [-0.3, -0.25) is 9.69 Å². The molecule has 3 nitrogen and oxygen atoms in total. The number of likely N-dealkylation sites (tertiary alicyclic amines) is 1. The molecule has 1 unspecified atom stereocenters. The number of hydrogen-bond donors (Lipinski definition) is 1. The number of piperidine rings is 1. The predicted molar refractivity (Wildman–Crippen MR) is 76.8 cm³/mol. The van der Waals surface area contributed by atoms with Crippen LogP contribution in [0.4, 0.5) is 0 Å². The molecule has 19 heavy (non-hydrogen) atoms. The second kappa shape index (κ2) is 5.82. The lowest BCUT2D eigenvalue weighted by Crippen LogP contribution is -2.46. The van der Waals surface area contributed by atoms with Gasteiger partial charge in [0.25, 0.3) is 0 Å². The maximum Gasteiger partial charge on any atom is 0.234 e. The number of nitrogens with zero attached hydrogens (tertiary/aromatic N) is 1. The van der Waals surface area contributed by atoms with E-state index in [-0.39, 0.29) is 5.91 Å². The first kappa shape index (κ1) is 13.4. The fourth-order valence-electron chi connectivity index (χ4n) is 3.59. The van der Waals surface area contributed by atoms with Crippen LogP contribution in [-0.4, -0.2) is 36.5 Å². The van der Waals surface area contributed by atoms with Crippen LogP contribution in [0.15, 0.2) is 0 Å². The van der Waals surface area contributed by atoms with Crippen molar-refractivity contribution in [1.82, 2.24) is 10.2 Å². The molecule has 0 bridgehead atoms. The highest BCUT2D eigenvalue weighted by Gasteiger charge is 2.42. The molecule has 0 spiro atoms. The van der Waals surface area contributed by atoms with Crippen LogP contribution in [0.2, 0.25) is 0 Å². The molecule has 1 aliphatic heterocycles. The van der Waals surface area contributed by atoms with E-state index in [0.717, 1.165) is 30.8 Å². The van der Waals surface area contributed by atoms with Gasteiger partial charge in [0, 0.05) is 12.6 Å². The third-order valence-electron chi connectivity index (χ3n) is 5.14. The summed E-state index contributed by atoms with van der Waals surface area (Å²) in [6, 6.07) is 0.513. The van der Waals surface area contributed by atoms with Crippen molar-refractivity contribution in [3.05, 3.63) is 0 Å². The summed E-state index contributed by atoms with van der Waals surface area (Å²) in [7, 11) is 0. The molecule has 0 aromatic carbocycles. The Labute approximate surface area is 117 Å². The molecule has 2 saturated carbocycles. The summed E-state index contributed by atoms with van der Waals surface area (Å²) in [6.45, 7) is 5.14. The van der Waals surface area contributed by atoms with Gasteiger partial charge in [-0.15, -0.1) is 0 Å². The fourth-order valence-corrected chi connectivity index (χ4v) is 3.59. The van der Waals surface area contributed by atoms with Gasteiger partial charge in [0.05, 0.1) is 6.54 Å². The van der Waals surface area contributed by atoms with E-state index in [1.54, 1.807) is 0 Å². The zero-order valence-corrected chi connectivity index (χ0v) is 12.2. The fraction of sp³-hybridized carbons (Fsp3) is 0.938. The molecule has 108 valence electrons. The number of carbonyl (C=O) groups excluding carboxylic acids is 1. The predicted octanol–water partition coefficient (Wildman–Crippen LogP) is 2.41. The van der Waals surface area contributed by atoms with Gasteiger partial charge in [-0.05, 0) is 62.8 Å². The number of nitrogens with one attached hydrogen (secondary N) is 1. The van der Waals surface area contributed by atoms with E-state index in [4.69, 9.17) is 0 Å². The Bertz CT molecular complexity index is 311. The van der Waals surface area contributed by atoms with Crippen molar-refractivity contribution in [1.29, 1.82) is 0 Å². The molecule has 2 aliphatic carbocycles. The topological polar surface area (TPSA) is 32.3 Å². The van der Waals surface area contributed by atoms with Crippen LogP contribution in [-0.2, 0) is 4.79 Å². The zero-order valence-electron chi connectivity index (χ0n) is 12.2. The summed E-state index contributed by atoms with van der Waals surface area (Å²) in [5.74, 6) is 2.70. The third kappa shape index (κ3) is 3.71. The molecule has 0 aromatic heterocycles. The van der Waals surface area contributed by atoms with Crippen molar-refractivity contribution >= 4 is 5.91 Å². The molecule has 3 aliphatic rings. The van der Waals surface area contributed by atoms with Crippen LogP contribution in [0, 0.1) is 17.8 Å². The zero-order chi connectivity index (χ0) is 13.2.